The number of amides is 1. The summed E-state index contributed by atoms with van der Waals surface area (Å²) in [4.78, 5) is 30.1. The molecule has 0 aromatic heterocycles. The van der Waals surface area contributed by atoms with Crippen LogP contribution in [0.5, 0.6) is 11.5 Å². The van der Waals surface area contributed by atoms with Crippen molar-refractivity contribution < 1.29 is 27.5 Å². The Morgan fingerprint density at radius 2 is 1.89 bits per heavy atom. The highest BCUT2D eigenvalue weighted by Gasteiger charge is 2.43. The first kappa shape index (κ1) is 25.3. The second kappa shape index (κ2) is 10.1. The summed E-state index contributed by atoms with van der Waals surface area (Å²) in [6.07, 6.45) is 1.40. The fraction of sp³-hybridized carbons (Fsp3) is 0.208. The van der Waals surface area contributed by atoms with E-state index in [2.05, 4.69) is 9.39 Å². The summed E-state index contributed by atoms with van der Waals surface area (Å²) < 4.78 is 40.5. The maximum Gasteiger partial charge on any atom is 0.343 e. The van der Waals surface area contributed by atoms with Crippen molar-refractivity contribution in [3.63, 3.8) is 0 Å². The van der Waals surface area contributed by atoms with E-state index in [9.17, 15) is 18.0 Å². The van der Waals surface area contributed by atoms with Crippen molar-refractivity contribution >= 4 is 55.9 Å². The third-order valence-corrected chi connectivity index (χ3v) is 8.00. The van der Waals surface area contributed by atoms with Gasteiger partial charge in [-0.3, -0.25) is 10.2 Å². The quantitative estimate of drug-likeness (QED) is 0.260. The Hall–Kier alpha value is -3.77. The number of sulfone groups is 1. The van der Waals surface area contributed by atoms with E-state index in [1.54, 1.807) is 49.4 Å². The van der Waals surface area contributed by atoms with Gasteiger partial charge in [0.15, 0.2) is 11.5 Å². The van der Waals surface area contributed by atoms with Crippen molar-refractivity contribution in [3.05, 3.63) is 65.2 Å². The Bertz CT molecular complexity index is 1450. The van der Waals surface area contributed by atoms with Gasteiger partial charge in [0.1, 0.15) is 5.84 Å². The number of nitrogens with one attached hydrogen (secondary N) is 1. The lowest BCUT2D eigenvalue weighted by atomic mass is 10.1. The molecule has 4 rings (SSSR count). The van der Waals surface area contributed by atoms with E-state index < -0.39 is 27.0 Å². The van der Waals surface area contributed by atoms with Crippen LogP contribution in [-0.4, -0.2) is 53.2 Å². The van der Waals surface area contributed by atoms with Crippen LogP contribution in [0.1, 0.15) is 36.7 Å². The molecule has 1 amide bonds. The van der Waals surface area contributed by atoms with Crippen molar-refractivity contribution in [1.82, 2.24) is 4.90 Å². The predicted molar refractivity (Wildman–Crippen MR) is 138 cm³/mol. The minimum atomic E-state index is -3.82. The predicted octanol–water partition coefficient (Wildman–Crippen LogP) is 3.70. The molecule has 10 nitrogen and oxygen atoms in total. The lowest BCUT2D eigenvalue weighted by Crippen LogP contribution is -2.46. The number of nitrogens with zero attached hydrogens (tertiary/aromatic N) is 3. The molecule has 2 aliphatic heterocycles. The minimum Gasteiger partial charge on any atom is -0.490 e. The van der Waals surface area contributed by atoms with Gasteiger partial charge < -0.3 is 9.47 Å². The van der Waals surface area contributed by atoms with Crippen LogP contribution in [0.15, 0.2) is 63.5 Å². The highest BCUT2D eigenvalue weighted by Crippen LogP contribution is 2.33. The Kier molecular flexibility index (Phi) is 7.09. The summed E-state index contributed by atoms with van der Waals surface area (Å²) in [5, 5.41) is 7.48. The molecule has 0 atom stereocenters. The van der Waals surface area contributed by atoms with Crippen LogP contribution in [0, 0.1) is 5.41 Å². The summed E-state index contributed by atoms with van der Waals surface area (Å²) in [6.45, 7) is 5.07. The second-order valence-corrected chi connectivity index (χ2v) is 11.0. The van der Waals surface area contributed by atoms with E-state index in [-0.39, 0.29) is 39.8 Å². The van der Waals surface area contributed by atoms with Gasteiger partial charge in [0.05, 0.1) is 34.9 Å². The van der Waals surface area contributed by atoms with Gasteiger partial charge in [-0.2, -0.15) is 9.39 Å². The number of benzene rings is 2. The molecule has 2 aliphatic rings. The van der Waals surface area contributed by atoms with Crippen LogP contribution >= 0.6 is 11.9 Å². The second-order valence-electron chi connectivity index (χ2n) is 7.90. The third-order valence-electron chi connectivity index (χ3n) is 5.16. The van der Waals surface area contributed by atoms with Crippen LogP contribution in [0.4, 0.5) is 0 Å². The fourth-order valence-corrected chi connectivity index (χ4v) is 5.32. The Morgan fingerprint density at radius 1 is 1.17 bits per heavy atom. The molecule has 0 saturated carbocycles. The zero-order chi connectivity index (χ0) is 26.0. The average Bonchev–Trinajstić information content (AvgIpc) is 3.28. The van der Waals surface area contributed by atoms with Crippen molar-refractivity contribution in [1.29, 1.82) is 5.41 Å². The number of carbonyl (C=O) groups excluding carboxylic acids is 2. The van der Waals surface area contributed by atoms with Crippen molar-refractivity contribution in [3.8, 4) is 11.5 Å². The summed E-state index contributed by atoms with van der Waals surface area (Å²) in [6, 6.07) is 13.2. The zero-order valence-electron chi connectivity index (χ0n) is 19.6. The molecule has 1 N–H and O–H groups in total. The molecule has 0 spiro atoms. The van der Waals surface area contributed by atoms with Gasteiger partial charge in [0, 0.05) is 0 Å². The van der Waals surface area contributed by atoms with Crippen molar-refractivity contribution in [2.45, 2.75) is 26.0 Å². The molecule has 2 heterocycles. The van der Waals surface area contributed by atoms with Gasteiger partial charge in [-0.1, -0.05) is 24.3 Å². The monoisotopic (exact) mass is 526 g/mol. The maximum atomic E-state index is 12.7. The molecule has 0 bridgehead atoms. The molecular weight excluding hydrogens is 504 g/mol. The lowest BCUT2D eigenvalue weighted by molar-refractivity contribution is -0.114. The molecule has 0 radical (unpaired) electrons. The molecule has 0 fully saturated rings. The topological polar surface area (TPSA) is 139 Å². The SMILES string of the molecule is CCOc1cc(/C=C2/C(=N)N3C(=NC2=O)SN=C3S(=O)(=O)C(C)C)ccc1OC(=O)c1ccccc1. The van der Waals surface area contributed by atoms with Gasteiger partial charge in [-0.15, -0.1) is 0 Å². The van der Waals surface area contributed by atoms with Gasteiger partial charge >= 0.3 is 5.97 Å². The van der Waals surface area contributed by atoms with E-state index in [1.165, 1.54) is 26.0 Å². The van der Waals surface area contributed by atoms with E-state index in [1.807, 2.05) is 0 Å². The smallest absolute Gasteiger partial charge is 0.343 e. The summed E-state index contributed by atoms with van der Waals surface area (Å²) in [7, 11) is -3.82. The van der Waals surface area contributed by atoms with Gasteiger partial charge in [-0.25, -0.2) is 18.1 Å². The van der Waals surface area contributed by atoms with E-state index >= 15 is 0 Å². The Labute approximate surface area is 212 Å². The van der Waals surface area contributed by atoms with Crippen LogP contribution in [0.3, 0.4) is 0 Å². The number of carbonyl (C=O) groups is 2. The maximum absolute atomic E-state index is 12.7. The summed E-state index contributed by atoms with van der Waals surface area (Å²) in [5.41, 5.74) is 0.713. The van der Waals surface area contributed by atoms with Gasteiger partial charge in [0.2, 0.25) is 20.2 Å². The first-order chi connectivity index (χ1) is 17.1. The van der Waals surface area contributed by atoms with Gasteiger partial charge in [-0.05, 0) is 56.7 Å². The standard InChI is InChI=1S/C24H22N4O6S2/c1-4-33-19-13-15(10-11-18(19)34-22(30)16-8-6-5-7-9-16)12-17-20(25)28-23(26-21(17)29)35-27-24(28)36(31,32)14(2)3/h5-14,25H,4H2,1-3H3/b17-12-,25-20?. The molecule has 0 aliphatic carbocycles. The molecule has 0 unspecified atom stereocenters. The largest absolute Gasteiger partial charge is 0.490 e. The van der Waals surface area contributed by atoms with Gasteiger partial charge in [0.25, 0.3) is 5.91 Å². The first-order valence-corrected chi connectivity index (χ1v) is 13.2. The van der Waals surface area contributed by atoms with E-state index in [0.29, 0.717) is 11.1 Å². The molecule has 36 heavy (non-hydrogen) atoms. The Morgan fingerprint density at radius 3 is 2.56 bits per heavy atom. The minimum absolute atomic E-state index is 0.0135. The van der Waals surface area contributed by atoms with Crippen molar-refractivity contribution in [2.24, 2.45) is 9.39 Å². The number of aliphatic imine (C=N–C) groups is 1. The van der Waals surface area contributed by atoms with E-state index in [4.69, 9.17) is 14.9 Å². The Balaban J connectivity index is 1.66. The normalized spacial score (nSPS) is 16.7. The number of esters is 1. The number of hydrogen-bond donors (Lipinski definition) is 1. The number of hydrogen-bond acceptors (Lipinski definition) is 9. The molecule has 12 heteroatoms. The number of rotatable bonds is 6. The molecular formula is C24H22N4O6S2. The number of amidine groups is 3. The average molecular weight is 527 g/mol. The number of ether oxygens (including phenoxy) is 2. The lowest BCUT2D eigenvalue weighted by Gasteiger charge is -2.25. The molecule has 0 saturated heterocycles. The third kappa shape index (κ3) is 4.82. The molecule has 2 aromatic rings. The van der Waals surface area contributed by atoms with Crippen LogP contribution in [0.2, 0.25) is 0 Å². The highest BCUT2D eigenvalue weighted by atomic mass is 32.2. The summed E-state index contributed by atoms with van der Waals surface area (Å²) >= 11 is 0.737. The molecule has 2 aromatic carbocycles. The number of fused-ring (bicyclic) bond motifs is 1. The van der Waals surface area contributed by atoms with Crippen LogP contribution in [0.25, 0.3) is 6.08 Å². The molecule has 186 valence electrons. The fourth-order valence-electron chi connectivity index (χ4n) is 3.26. The van der Waals surface area contributed by atoms with E-state index in [0.717, 1.165) is 16.8 Å². The highest BCUT2D eigenvalue weighted by molar-refractivity contribution is 8.16. The van der Waals surface area contributed by atoms with Crippen molar-refractivity contribution in [2.75, 3.05) is 6.61 Å². The van der Waals surface area contributed by atoms with Crippen LogP contribution in [-0.2, 0) is 14.6 Å². The first-order valence-electron chi connectivity index (χ1n) is 10.9. The zero-order valence-corrected chi connectivity index (χ0v) is 21.2. The van der Waals surface area contributed by atoms with Crippen LogP contribution < -0.4 is 9.47 Å². The summed E-state index contributed by atoms with van der Waals surface area (Å²) in [5.74, 6) is -1.16.